The van der Waals surface area contributed by atoms with Gasteiger partial charge in [0.2, 0.25) is 5.91 Å². The minimum Gasteiger partial charge on any atom is -0.352 e. The average molecular weight is 384 g/mol. The molecule has 2 aliphatic rings. The standard InChI is InChI=1S/C22H29N3OS/c26-22(17-25-12-4-8-20(25)21-9-5-15-27-21)23-19-10-13-24(14-11-19)16-18-6-2-1-3-7-18/h1-3,5-7,9,15,19-20H,4,8,10-14,16-17H2,(H,23,26)/t20-/m1/s1. The zero-order valence-corrected chi connectivity index (χ0v) is 16.7. The molecule has 3 heterocycles. The summed E-state index contributed by atoms with van der Waals surface area (Å²) >= 11 is 1.81. The zero-order valence-electron chi connectivity index (χ0n) is 15.8. The van der Waals surface area contributed by atoms with E-state index in [0.717, 1.165) is 39.0 Å². The number of thiophene rings is 1. The topological polar surface area (TPSA) is 35.6 Å². The highest BCUT2D eigenvalue weighted by Crippen LogP contribution is 2.34. The zero-order chi connectivity index (χ0) is 18.5. The second-order valence-electron chi connectivity index (χ2n) is 7.75. The molecule has 0 bridgehead atoms. The van der Waals surface area contributed by atoms with Crippen LogP contribution in [0.15, 0.2) is 47.8 Å². The number of rotatable bonds is 6. The van der Waals surface area contributed by atoms with Crippen molar-refractivity contribution in [3.63, 3.8) is 0 Å². The van der Waals surface area contributed by atoms with Gasteiger partial charge in [-0.25, -0.2) is 0 Å². The van der Waals surface area contributed by atoms with Crippen LogP contribution in [0.2, 0.25) is 0 Å². The van der Waals surface area contributed by atoms with E-state index in [-0.39, 0.29) is 5.91 Å². The first kappa shape index (κ1) is 18.7. The summed E-state index contributed by atoms with van der Waals surface area (Å²) in [5.74, 6) is 0.194. The van der Waals surface area contributed by atoms with Crippen LogP contribution in [0.4, 0.5) is 0 Å². The number of benzene rings is 1. The molecule has 1 aromatic heterocycles. The molecule has 1 amide bonds. The van der Waals surface area contributed by atoms with Crippen molar-refractivity contribution in [2.75, 3.05) is 26.2 Å². The van der Waals surface area contributed by atoms with E-state index >= 15 is 0 Å². The van der Waals surface area contributed by atoms with Crippen LogP contribution in [-0.2, 0) is 11.3 Å². The van der Waals surface area contributed by atoms with Crippen LogP contribution in [0.3, 0.4) is 0 Å². The van der Waals surface area contributed by atoms with E-state index in [0.29, 0.717) is 18.6 Å². The molecule has 4 nitrogen and oxygen atoms in total. The van der Waals surface area contributed by atoms with Crippen LogP contribution in [0.1, 0.15) is 42.2 Å². The summed E-state index contributed by atoms with van der Waals surface area (Å²) in [7, 11) is 0. The summed E-state index contributed by atoms with van der Waals surface area (Å²) < 4.78 is 0. The third kappa shape index (κ3) is 4.98. The van der Waals surface area contributed by atoms with Crippen molar-refractivity contribution in [3.8, 4) is 0 Å². The molecular formula is C22H29N3OS. The Balaban J connectivity index is 1.21. The Kier molecular flexibility index (Phi) is 6.22. The predicted octanol–water partition coefficient (Wildman–Crippen LogP) is 3.67. The van der Waals surface area contributed by atoms with Gasteiger partial charge in [-0.1, -0.05) is 36.4 Å². The molecule has 1 N–H and O–H groups in total. The largest absolute Gasteiger partial charge is 0.352 e. The lowest BCUT2D eigenvalue weighted by Crippen LogP contribution is -2.47. The van der Waals surface area contributed by atoms with Crippen LogP contribution in [0, 0.1) is 0 Å². The maximum absolute atomic E-state index is 12.6. The third-order valence-corrected chi connectivity index (χ3v) is 6.76. The fraction of sp³-hybridized carbons (Fsp3) is 0.500. The summed E-state index contributed by atoms with van der Waals surface area (Å²) in [4.78, 5) is 18.8. The molecule has 0 spiro atoms. The van der Waals surface area contributed by atoms with Gasteiger partial charge in [-0.05, 0) is 49.2 Å². The van der Waals surface area contributed by atoms with Crippen LogP contribution in [0.5, 0.6) is 0 Å². The second kappa shape index (κ2) is 9.00. The number of piperidine rings is 1. The van der Waals surface area contributed by atoms with Gasteiger partial charge in [-0.15, -0.1) is 11.3 Å². The number of carbonyl (C=O) groups is 1. The van der Waals surface area contributed by atoms with Gasteiger partial charge in [0.15, 0.2) is 0 Å². The highest BCUT2D eigenvalue weighted by molar-refractivity contribution is 7.10. The van der Waals surface area contributed by atoms with Gasteiger partial charge >= 0.3 is 0 Å². The van der Waals surface area contributed by atoms with Crippen molar-refractivity contribution >= 4 is 17.2 Å². The van der Waals surface area contributed by atoms with Crippen LogP contribution in [-0.4, -0.2) is 47.9 Å². The number of nitrogens with one attached hydrogen (secondary N) is 1. The lowest BCUT2D eigenvalue weighted by Gasteiger charge is -2.33. The molecule has 2 saturated heterocycles. The van der Waals surface area contributed by atoms with E-state index in [2.05, 4.69) is 63.0 Å². The number of nitrogens with zero attached hydrogens (tertiary/aromatic N) is 2. The molecule has 2 aliphatic heterocycles. The van der Waals surface area contributed by atoms with E-state index in [4.69, 9.17) is 0 Å². The first-order valence-corrected chi connectivity index (χ1v) is 11.0. The van der Waals surface area contributed by atoms with Gasteiger partial charge in [0.05, 0.1) is 6.54 Å². The molecule has 0 radical (unpaired) electrons. The first-order valence-electron chi connectivity index (χ1n) is 10.1. The molecule has 27 heavy (non-hydrogen) atoms. The number of hydrogen-bond donors (Lipinski definition) is 1. The predicted molar refractivity (Wildman–Crippen MR) is 111 cm³/mol. The van der Waals surface area contributed by atoms with Gasteiger partial charge in [0, 0.05) is 36.6 Å². The van der Waals surface area contributed by atoms with Gasteiger partial charge in [0.1, 0.15) is 0 Å². The molecule has 1 aromatic carbocycles. The van der Waals surface area contributed by atoms with Gasteiger partial charge in [-0.3, -0.25) is 14.6 Å². The van der Waals surface area contributed by atoms with E-state index < -0.39 is 0 Å². The quantitative estimate of drug-likeness (QED) is 0.827. The van der Waals surface area contributed by atoms with Crippen LogP contribution in [0.25, 0.3) is 0 Å². The third-order valence-electron chi connectivity index (χ3n) is 5.78. The van der Waals surface area contributed by atoms with E-state index in [9.17, 15) is 4.79 Å². The van der Waals surface area contributed by atoms with E-state index in [1.165, 1.54) is 23.3 Å². The summed E-state index contributed by atoms with van der Waals surface area (Å²) in [6.07, 6.45) is 4.46. The lowest BCUT2D eigenvalue weighted by atomic mass is 10.0. The fourth-order valence-corrected chi connectivity index (χ4v) is 5.25. The Bertz CT molecular complexity index is 710. The molecule has 0 aliphatic carbocycles. The number of carbonyl (C=O) groups excluding carboxylic acids is 1. The normalized spacial score (nSPS) is 22.1. The molecule has 2 fully saturated rings. The minimum atomic E-state index is 0.194. The van der Waals surface area contributed by atoms with Crippen molar-refractivity contribution in [1.29, 1.82) is 0 Å². The average Bonchev–Trinajstić information content (AvgIpc) is 3.36. The smallest absolute Gasteiger partial charge is 0.234 e. The Morgan fingerprint density at radius 1 is 1.04 bits per heavy atom. The fourth-order valence-electron chi connectivity index (χ4n) is 4.35. The monoisotopic (exact) mass is 383 g/mol. The number of hydrogen-bond acceptors (Lipinski definition) is 4. The molecule has 1 atom stereocenters. The summed E-state index contributed by atoms with van der Waals surface area (Å²) in [6.45, 7) is 4.69. The van der Waals surface area contributed by atoms with Gasteiger partial charge < -0.3 is 5.32 Å². The SMILES string of the molecule is O=C(CN1CCC[C@@H]1c1cccs1)NC1CCN(Cc2ccccc2)CC1. The Hall–Kier alpha value is -1.69. The molecular weight excluding hydrogens is 354 g/mol. The van der Waals surface area contributed by atoms with Gasteiger partial charge in [-0.2, -0.15) is 0 Å². The molecule has 0 saturated carbocycles. The Morgan fingerprint density at radius 3 is 2.59 bits per heavy atom. The molecule has 4 rings (SSSR count). The summed E-state index contributed by atoms with van der Waals surface area (Å²) in [5, 5.41) is 5.43. The van der Waals surface area contributed by atoms with Crippen LogP contribution < -0.4 is 5.32 Å². The van der Waals surface area contributed by atoms with Crippen molar-refractivity contribution < 1.29 is 4.79 Å². The van der Waals surface area contributed by atoms with E-state index in [1.54, 1.807) is 0 Å². The lowest BCUT2D eigenvalue weighted by molar-refractivity contribution is -0.123. The van der Waals surface area contributed by atoms with E-state index in [1.807, 2.05) is 11.3 Å². The number of likely N-dealkylation sites (tertiary alicyclic amines) is 2. The minimum absolute atomic E-state index is 0.194. The maximum Gasteiger partial charge on any atom is 0.234 e. The highest BCUT2D eigenvalue weighted by atomic mass is 32.1. The van der Waals surface area contributed by atoms with Crippen molar-refractivity contribution in [1.82, 2.24) is 15.1 Å². The van der Waals surface area contributed by atoms with Crippen molar-refractivity contribution in [2.24, 2.45) is 0 Å². The molecule has 2 aromatic rings. The Morgan fingerprint density at radius 2 is 1.85 bits per heavy atom. The Labute approximate surface area is 166 Å². The van der Waals surface area contributed by atoms with Crippen molar-refractivity contribution in [3.05, 3.63) is 58.3 Å². The molecule has 5 heteroatoms. The summed E-state index contributed by atoms with van der Waals surface area (Å²) in [6, 6.07) is 15.7. The molecule has 0 unspecified atom stereocenters. The summed E-state index contributed by atoms with van der Waals surface area (Å²) in [5.41, 5.74) is 1.37. The van der Waals surface area contributed by atoms with Gasteiger partial charge in [0.25, 0.3) is 0 Å². The highest BCUT2D eigenvalue weighted by Gasteiger charge is 2.29. The number of amides is 1. The maximum atomic E-state index is 12.6. The first-order chi connectivity index (χ1) is 13.3. The van der Waals surface area contributed by atoms with Crippen molar-refractivity contribution in [2.45, 2.75) is 44.3 Å². The second-order valence-corrected chi connectivity index (χ2v) is 8.73. The van der Waals surface area contributed by atoms with Crippen LogP contribution >= 0.6 is 11.3 Å². The molecule has 144 valence electrons.